The summed E-state index contributed by atoms with van der Waals surface area (Å²) in [5.41, 5.74) is 2.42. The third-order valence-electron chi connectivity index (χ3n) is 5.43. The third kappa shape index (κ3) is 7.67. The molecule has 3 heterocycles. The molecule has 1 fully saturated rings. The van der Waals surface area contributed by atoms with Crippen molar-refractivity contribution in [3.63, 3.8) is 0 Å². The summed E-state index contributed by atoms with van der Waals surface area (Å²) in [6.07, 6.45) is 10.0. The Morgan fingerprint density at radius 1 is 1.09 bits per heavy atom. The Morgan fingerprint density at radius 3 is 2.75 bits per heavy atom. The second-order valence-corrected chi connectivity index (χ2v) is 7.76. The fourth-order valence-corrected chi connectivity index (χ4v) is 3.71. The number of benzene rings is 1. The van der Waals surface area contributed by atoms with Gasteiger partial charge >= 0.3 is 0 Å². The molecular formula is C24H32IN5O2. The van der Waals surface area contributed by atoms with Gasteiger partial charge in [-0.25, -0.2) is 4.99 Å². The molecule has 4 rings (SSSR count). The lowest BCUT2D eigenvalue weighted by molar-refractivity contribution is 0.0194. The van der Waals surface area contributed by atoms with Crippen molar-refractivity contribution < 1.29 is 9.15 Å². The van der Waals surface area contributed by atoms with Gasteiger partial charge in [0, 0.05) is 38.5 Å². The zero-order valence-corrected chi connectivity index (χ0v) is 20.6. The number of nitrogens with one attached hydrogen (secondary N) is 2. The lowest BCUT2D eigenvalue weighted by Gasteiger charge is -2.24. The maximum absolute atomic E-state index is 5.86. The number of halogens is 1. The first-order valence-corrected chi connectivity index (χ1v) is 11.1. The van der Waals surface area contributed by atoms with Gasteiger partial charge in [-0.2, -0.15) is 5.10 Å². The fourth-order valence-electron chi connectivity index (χ4n) is 3.71. The molecule has 1 unspecified atom stereocenters. The molecule has 2 N–H and O–H groups in total. The molecule has 0 amide bonds. The summed E-state index contributed by atoms with van der Waals surface area (Å²) >= 11 is 0. The lowest BCUT2D eigenvalue weighted by atomic mass is 10.1. The van der Waals surface area contributed by atoms with E-state index in [9.17, 15) is 0 Å². The van der Waals surface area contributed by atoms with Gasteiger partial charge in [0.05, 0.1) is 25.5 Å². The summed E-state index contributed by atoms with van der Waals surface area (Å²) in [6, 6.07) is 14.2. The summed E-state index contributed by atoms with van der Waals surface area (Å²) < 4.78 is 13.2. The van der Waals surface area contributed by atoms with Gasteiger partial charge in [-0.15, -0.1) is 24.0 Å². The summed E-state index contributed by atoms with van der Waals surface area (Å²) in [4.78, 5) is 4.87. The monoisotopic (exact) mass is 549 g/mol. The molecule has 0 saturated carbocycles. The van der Waals surface area contributed by atoms with E-state index in [1.165, 1.54) is 17.5 Å². The molecule has 1 aliphatic heterocycles. The van der Waals surface area contributed by atoms with E-state index in [0.717, 1.165) is 57.2 Å². The molecule has 2 aromatic heterocycles. The number of nitrogens with zero attached hydrogens (tertiary/aromatic N) is 3. The Kier molecular flexibility index (Phi) is 10.1. The second-order valence-electron chi connectivity index (χ2n) is 7.76. The number of hydrogen-bond donors (Lipinski definition) is 2. The minimum Gasteiger partial charge on any atom is -0.469 e. The van der Waals surface area contributed by atoms with Gasteiger partial charge in [-0.3, -0.25) is 4.68 Å². The number of aromatic nitrogens is 2. The molecule has 0 aliphatic carbocycles. The SMILES string of the molecule is I.c1coc(CCNC(=NCc2ccccc2Cn2cccn2)NCC2CCCCO2)c1. The van der Waals surface area contributed by atoms with Gasteiger partial charge in [0.15, 0.2) is 5.96 Å². The van der Waals surface area contributed by atoms with Gasteiger partial charge in [0.25, 0.3) is 0 Å². The highest BCUT2D eigenvalue weighted by molar-refractivity contribution is 14.0. The number of rotatable bonds is 9. The van der Waals surface area contributed by atoms with Crippen molar-refractivity contribution in [2.24, 2.45) is 4.99 Å². The number of furan rings is 1. The van der Waals surface area contributed by atoms with Gasteiger partial charge in [0.1, 0.15) is 5.76 Å². The van der Waals surface area contributed by atoms with E-state index < -0.39 is 0 Å². The van der Waals surface area contributed by atoms with Crippen LogP contribution < -0.4 is 10.6 Å². The normalized spacial score (nSPS) is 16.4. The second kappa shape index (κ2) is 13.3. The fraction of sp³-hybridized carbons (Fsp3) is 0.417. The van der Waals surface area contributed by atoms with Crippen molar-refractivity contribution >= 4 is 29.9 Å². The summed E-state index contributed by atoms with van der Waals surface area (Å²) in [5, 5.41) is 11.2. The first-order chi connectivity index (χ1) is 15.4. The third-order valence-corrected chi connectivity index (χ3v) is 5.43. The topological polar surface area (TPSA) is 76.6 Å². The predicted molar refractivity (Wildman–Crippen MR) is 136 cm³/mol. The first kappa shape index (κ1) is 24.3. The maximum Gasteiger partial charge on any atom is 0.191 e. The molecule has 1 atom stereocenters. The van der Waals surface area contributed by atoms with E-state index in [1.54, 1.807) is 12.5 Å². The number of ether oxygens (including phenoxy) is 1. The van der Waals surface area contributed by atoms with Gasteiger partial charge in [-0.05, 0) is 48.6 Å². The average molecular weight is 549 g/mol. The van der Waals surface area contributed by atoms with Crippen molar-refractivity contribution in [2.75, 3.05) is 19.7 Å². The molecule has 172 valence electrons. The van der Waals surface area contributed by atoms with Crippen LogP contribution in [0, 0.1) is 0 Å². The number of aliphatic imine (C=N–C) groups is 1. The molecule has 1 aromatic carbocycles. The predicted octanol–water partition coefficient (Wildman–Crippen LogP) is 3.99. The summed E-state index contributed by atoms with van der Waals surface area (Å²) in [5.74, 6) is 1.77. The van der Waals surface area contributed by atoms with Crippen LogP contribution in [0.4, 0.5) is 0 Å². The quantitative estimate of drug-likeness (QED) is 0.240. The lowest BCUT2D eigenvalue weighted by Crippen LogP contribution is -2.43. The largest absolute Gasteiger partial charge is 0.469 e. The molecule has 8 heteroatoms. The molecule has 1 saturated heterocycles. The molecule has 32 heavy (non-hydrogen) atoms. The Bertz CT molecular complexity index is 922. The minimum absolute atomic E-state index is 0. The van der Waals surface area contributed by atoms with Crippen molar-refractivity contribution in [3.05, 3.63) is 78.0 Å². The molecule has 3 aromatic rings. The van der Waals surface area contributed by atoms with Crippen LogP contribution in [0.1, 0.15) is 36.1 Å². The summed E-state index contributed by atoms with van der Waals surface area (Å²) in [6.45, 7) is 3.70. The van der Waals surface area contributed by atoms with Gasteiger partial charge < -0.3 is 19.8 Å². The standard InChI is InChI=1S/C24H31N5O2.HI/c1-2-8-21(19-29-14-6-12-28-29)20(7-1)17-26-24(25-13-11-22-10-5-16-30-22)27-18-23-9-3-4-15-31-23;/h1-2,5-8,10,12,14,16,23H,3-4,9,11,13,15,17-19H2,(H2,25,26,27);1H. The Morgan fingerprint density at radius 2 is 2.00 bits per heavy atom. The molecule has 0 spiro atoms. The molecule has 7 nitrogen and oxygen atoms in total. The average Bonchev–Trinajstić information content (AvgIpc) is 3.51. The van der Waals surface area contributed by atoms with Crippen LogP contribution in [0.3, 0.4) is 0 Å². The van der Waals surface area contributed by atoms with Crippen molar-refractivity contribution in [3.8, 4) is 0 Å². The van der Waals surface area contributed by atoms with E-state index in [1.807, 2.05) is 29.1 Å². The Balaban J connectivity index is 0.00000289. The van der Waals surface area contributed by atoms with Crippen LogP contribution in [0.25, 0.3) is 0 Å². The highest BCUT2D eigenvalue weighted by Gasteiger charge is 2.14. The molecule has 0 radical (unpaired) electrons. The number of guanidine groups is 1. The van der Waals surface area contributed by atoms with Crippen LogP contribution in [0.2, 0.25) is 0 Å². The highest BCUT2D eigenvalue weighted by atomic mass is 127. The van der Waals surface area contributed by atoms with Crippen LogP contribution in [-0.4, -0.2) is 41.5 Å². The van der Waals surface area contributed by atoms with Crippen molar-refractivity contribution in [1.29, 1.82) is 0 Å². The van der Waals surface area contributed by atoms with Crippen LogP contribution in [0.5, 0.6) is 0 Å². The van der Waals surface area contributed by atoms with Crippen LogP contribution in [-0.2, 0) is 24.2 Å². The number of hydrogen-bond acceptors (Lipinski definition) is 4. The molecule has 1 aliphatic rings. The van der Waals surface area contributed by atoms with E-state index in [2.05, 4.69) is 40.0 Å². The van der Waals surface area contributed by atoms with E-state index >= 15 is 0 Å². The van der Waals surface area contributed by atoms with Crippen molar-refractivity contribution in [1.82, 2.24) is 20.4 Å². The molecule has 0 bridgehead atoms. The molecular weight excluding hydrogens is 517 g/mol. The Hall–Kier alpha value is -2.33. The zero-order chi connectivity index (χ0) is 21.1. The van der Waals surface area contributed by atoms with E-state index in [0.29, 0.717) is 6.54 Å². The maximum atomic E-state index is 5.86. The van der Waals surface area contributed by atoms with Crippen LogP contribution >= 0.6 is 24.0 Å². The minimum atomic E-state index is 0. The van der Waals surface area contributed by atoms with E-state index in [-0.39, 0.29) is 30.1 Å². The zero-order valence-electron chi connectivity index (χ0n) is 18.3. The van der Waals surface area contributed by atoms with E-state index in [4.69, 9.17) is 14.1 Å². The first-order valence-electron chi connectivity index (χ1n) is 11.1. The van der Waals surface area contributed by atoms with Gasteiger partial charge in [0.2, 0.25) is 0 Å². The highest BCUT2D eigenvalue weighted by Crippen LogP contribution is 2.13. The van der Waals surface area contributed by atoms with Crippen LogP contribution in [0.15, 0.2) is 70.5 Å². The summed E-state index contributed by atoms with van der Waals surface area (Å²) in [7, 11) is 0. The smallest absolute Gasteiger partial charge is 0.191 e. The Labute approximate surface area is 206 Å². The van der Waals surface area contributed by atoms with Crippen molar-refractivity contribution in [2.45, 2.75) is 44.9 Å². The van der Waals surface area contributed by atoms with Gasteiger partial charge in [-0.1, -0.05) is 24.3 Å².